The van der Waals surface area contributed by atoms with Crippen molar-refractivity contribution in [2.75, 3.05) is 30.4 Å². The SMILES string of the molecule is CC(C)n1cc2c(NC(c3ccccc3)c3ccc(Cl)cc3)nc(N3CC4CC3CN4C)nc2c1O. The number of rotatable bonds is 6. The fourth-order valence-electron chi connectivity index (χ4n) is 5.61. The van der Waals surface area contributed by atoms with Crippen molar-refractivity contribution in [1.82, 2.24) is 19.4 Å². The largest absolute Gasteiger partial charge is 0.493 e. The molecule has 0 radical (unpaired) electrons. The summed E-state index contributed by atoms with van der Waals surface area (Å²) < 4.78 is 1.86. The number of anilines is 2. The van der Waals surface area contributed by atoms with E-state index in [-0.39, 0.29) is 18.0 Å². The molecule has 3 unspecified atom stereocenters. The number of nitrogens with zero attached hydrogens (tertiary/aromatic N) is 5. The van der Waals surface area contributed by atoms with Gasteiger partial charge in [0.1, 0.15) is 11.3 Å². The minimum absolute atomic E-state index is 0.0909. The number of likely N-dealkylation sites (N-methyl/N-ethyl adjacent to an activating group) is 1. The first-order valence-electron chi connectivity index (χ1n) is 12.5. The summed E-state index contributed by atoms with van der Waals surface area (Å²) in [4.78, 5) is 14.7. The summed E-state index contributed by atoms with van der Waals surface area (Å²) >= 11 is 6.20. The van der Waals surface area contributed by atoms with Crippen molar-refractivity contribution >= 4 is 34.3 Å². The van der Waals surface area contributed by atoms with Crippen molar-refractivity contribution in [3.05, 3.63) is 76.9 Å². The van der Waals surface area contributed by atoms with Gasteiger partial charge in [0, 0.05) is 42.4 Å². The molecular weight excluding hydrogens is 472 g/mol. The first kappa shape index (κ1) is 23.1. The van der Waals surface area contributed by atoms with E-state index in [4.69, 9.17) is 21.6 Å². The first-order valence-corrected chi connectivity index (χ1v) is 12.9. The number of hydrogen-bond acceptors (Lipinski definition) is 6. The summed E-state index contributed by atoms with van der Waals surface area (Å²) in [6.07, 6.45) is 3.08. The number of fused-ring (bicyclic) bond motifs is 3. The molecule has 2 saturated heterocycles. The average Bonchev–Trinajstić information content (AvgIpc) is 3.56. The molecule has 7 nitrogen and oxygen atoms in total. The van der Waals surface area contributed by atoms with E-state index >= 15 is 0 Å². The van der Waals surface area contributed by atoms with Crippen LogP contribution in [0.3, 0.4) is 0 Å². The lowest BCUT2D eigenvalue weighted by molar-refractivity contribution is 0.291. The van der Waals surface area contributed by atoms with Gasteiger partial charge in [-0.15, -0.1) is 0 Å². The van der Waals surface area contributed by atoms with Crippen molar-refractivity contribution in [2.24, 2.45) is 0 Å². The lowest BCUT2D eigenvalue weighted by Crippen LogP contribution is -2.45. The number of aromatic hydroxyl groups is 1. The number of nitrogens with one attached hydrogen (secondary N) is 1. The molecule has 6 rings (SSSR count). The van der Waals surface area contributed by atoms with E-state index in [1.165, 1.54) is 0 Å². The fourth-order valence-corrected chi connectivity index (χ4v) is 5.74. The van der Waals surface area contributed by atoms with Gasteiger partial charge in [-0.2, -0.15) is 4.98 Å². The van der Waals surface area contributed by atoms with Crippen molar-refractivity contribution in [1.29, 1.82) is 0 Å². The quantitative estimate of drug-likeness (QED) is 0.364. The Balaban J connectivity index is 1.48. The highest BCUT2D eigenvalue weighted by Gasteiger charge is 2.43. The summed E-state index contributed by atoms with van der Waals surface area (Å²) in [5, 5.41) is 16.3. The minimum atomic E-state index is -0.153. The van der Waals surface area contributed by atoms with Gasteiger partial charge in [-0.05, 0) is 50.6 Å². The topological polar surface area (TPSA) is 69.5 Å². The van der Waals surface area contributed by atoms with Gasteiger partial charge in [0.15, 0.2) is 0 Å². The maximum absolute atomic E-state index is 11.1. The zero-order chi connectivity index (χ0) is 25.0. The minimum Gasteiger partial charge on any atom is -0.493 e. The van der Waals surface area contributed by atoms with Crippen LogP contribution in [0.4, 0.5) is 11.8 Å². The number of likely N-dealkylation sites (tertiary alicyclic amines) is 1. The van der Waals surface area contributed by atoms with Crippen LogP contribution < -0.4 is 10.2 Å². The Morgan fingerprint density at radius 1 is 0.972 bits per heavy atom. The Hall–Kier alpha value is -3.29. The summed E-state index contributed by atoms with van der Waals surface area (Å²) in [7, 11) is 2.18. The molecule has 2 N–H and O–H groups in total. The monoisotopic (exact) mass is 502 g/mol. The molecule has 2 aromatic carbocycles. The average molecular weight is 503 g/mol. The Morgan fingerprint density at radius 3 is 2.33 bits per heavy atom. The third kappa shape index (κ3) is 3.96. The van der Waals surface area contributed by atoms with Gasteiger partial charge in [0.2, 0.25) is 11.8 Å². The van der Waals surface area contributed by atoms with Crippen molar-refractivity contribution < 1.29 is 5.11 Å². The second-order valence-electron chi connectivity index (χ2n) is 10.3. The van der Waals surface area contributed by atoms with Gasteiger partial charge in [-0.3, -0.25) is 4.90 Å². The Morgan fingerprint density at radius 2 is 1.69 bits per heavy atom. The van der Waals surface area contributed by atoms with Crippen LogP contribution in [0.25, 0.3) is 10.9 Å². The van der Waals surface area contributed by atoms with Crippen LogP contribution in [0.5, 0.6) is 5.88 Å². The van der Waals surface area contributed by atoms with Gasteiger partial charge in [-0.1, -0.05) is 54.1 Å². The Bertz CT molecular complexity index is 1380. The lowest BCUT2D eigenvalue weighted by atomic mass is 9.98. The lowest BCUT2D eigenvalue weighted by Gasteiger charge is -2.32. The standard InChI is InChI=1S/C28H31ClN6O/c1-17(2)34-16-23-25(27(34)36)31-28(35-15-21-13-22(35)14-33(21)3)32-26(23)30-24(18-7-5-4-6-8-18)19-9-11-20(29)12-10-19/h4-12,16-17,21-22,24,36H,13-15H2,1-3H3,(H,30,31,32). The molecule has 2 aromatic heterocycles. The molecular formula is C28H31ClN6O. The van der Waals surface area contributed by atoms with Crippen LogP contribution in [-0.4, -0.2) is 56.8 Å². The molecule has 4 heterocycles. The van der Waals surface area contributed by atoms with Gasteiger partial charge < -0.3 is 19.9 Å². The van der Waals surface area contributed by atoms with E-state index in [0.29, 0.717) is 34.4 Å². The normalized spacial score (nSPS) is 20.5. The predicted octanol–water partition coefficient (Wildman–Crippen LogP) is 5.47. The molecule has 2 aliphatic rings. The summed E-state index contributed by atoms with van der Waals surface area (Å²) in [5.74, 6) is 1.56. The molecule has 186 valence electrons. The zero-order valence-electron chi connectivity index (χ0n) is 20.8. The molecule has 0 amide bonds. The molecule has 8 heteroatoms. The predicted molar refractivity (Wildman–Crippen MR) is 145 cm³/mol. The van der Waals surface area contributed by atoms with Gasteiger partial charge >= 0.3 is 0 Å². The maximum Gasteiger partial charge on any atom is 0.228 e. The van der Waals surface area contributed by atoms with Crippen molar-refractivity contribution in [2.45, 2.75) is 44.4 Å². The van der Waals surface area contributed by atoms with Gasteiger partial charge in [0.25, 0.3) is 0 Å². The number of piperazine rings is 1. The molecule has 2 fully saturated rings. The third-order valence-corrected chi connectivity index (χ3v) is 7.86. The van der Waals surface area contributed by atoms with Crippen LogP contribution in [-0.2, 0) is 0 Å². The van der Waals surface area contributed by atoms with Crippen molar-refractivity contribution in [3.8, 4) is 5.88 Å². The summed E-state index contributed by atoms with van der Waals surface area (Å²) in [5.41, 5.74) is 2.77. The number of hydrogen-bond donors (Lipinski definition) is 2. The van der Waals surface area contributed by atoms with Gasteiger partial charge in [-0.25, -0.2) is 4.98 Å². The summed E-state index contributed by atoms with van der Waals surface area (Å²) in [6.45, 7) is 6.01. The van der Waals surface area contributed by atoms with Crippen LogP contribution >= 0.6 is 11.6 Å². The molecule has 4 aromatic rings. The van der Waals surface area contributed by atoms with Crippen LogP contribution in [0, 0.1) is 0 Å². The fraction of sp³-hybridized carbons (Fsp3) is 0.357. The number of benzene rings is 2. The molecule has 0 saturated carbocycles. The molecule has 36 heavy (non-hydrogen) atoms. The van der Waals surface area contributed by atoms with Crippen molar-refractivity contribution in [3.63, 3.8) is 0 Å². The highest BCUT2D eigenvalue weighted by Crippen LogP contribution is 2.39. The van der Waals surface area contributed by atoms with E-state index in [1.807, 2.05) is 53.2 Å². The zero-order valence-corrected chi connectivity index (χ0v) is 21.5. The van der Waals surface area contributed by atoms with Gasteiger partial charge in [0.05, 0.1) is 11.4 Å². The Labute approximate surface area is 216 Å². The molecule has 3 atom stereocenters. The highest BCUT2D eigenvalue weighted by molar-refractivity contribution is 6.30. The van der Waals surface area contributed by atoms with E-state index in [0.717, 1.165) is 36.0 Å². The second-order valence-corrected chi connectivity index (χ2v) is 10.7. The maximum atomic E-state index is 11.1. The Kier molecular flexibility index (Phi) is 5.77. The molecule has 0 aliphatic carbocycles. The highest BCUT2D eigenvalue weighted by atomic mass is 35.5. The molecule has 2 bridgehead atoms. The number of aromatic nitrogens is 3. The van der Waals surface area contributed by atoms with Crippen LogP contribution in [0.15, 0.2) is 60.8 Å². The molecule has 2 aliphatic heterocycles. The summed E-state index contributed by atoms with van der Waals surface area (Å²) in [6, 6.07) is 19.1. The van der Waals surface area contributed by atoms with E-state index in [2.05, 4.69) is 48.1 Å². The first-order chi connectivity index (χ1) is 17.4. The van der Waals surface area contributed by atoms with E-state index in [9.17, 15) is 5.11 Å². The van der Waals surface area contributed by atoms with Crippen LogP contribution in [0.2, 0.25) is 5.02 Å². The van der Waals surface area contributed by atoms with Crippen LogP contribution in [0.1, 0.15) is 43.5 Å². The number of halogens is 1. The molecule has 0 spiro atoms. The smallest absolute Gasteiger partial charge is 0.228 e. The van der Waals surface area contributed by atoms with E-state index in [1.54, 1.807) is 0 Å². The third-order valence-electron chi connectivity index (χ3n) is 7.60. The van der Waals surface area contributed by atoms with E-state index < -0.39 is 0 Å². The second kappa shape index (κ2) is 8.98.